The molecule has 0 radical (unpaired) electrons. The van der Waals surface area contributed by atoms with Crippen LogP contribution in [-0.2, 0) is 4.74 Å². The number of rotatable bonds is 4. The van der Waals surface area contributed by atoms with Crippen molar-refractivity contribution in [2.24, 2.45) is 5.92 Å². The predicted octanol–water partition coefficient (Wildman–Crippen LogP) is 2.75. The van der Waals surface area contributed by atoms with Crippen LogP contribution in [0.4, 0.5) is 5.69 Å². The molecule has 1 fully saturated rings. The maximum absolute atomic E-state index is 12.4. The van der Waals surface area contributed by atoms with Crippen LogP contribution in [0.2, 0.25) is 5.02 Å². The first kappa shape index (κ1) is 15.7. The van der Waals surface area contributed by atoms with Gasteiger partial charge in [0.05, 0.1) is 15.5 Å². The van der Waals surface area contributed by atoms with Crippen LogP contribution in [0.1, 0.15) is 23.2 Å². The number of amides is 1. The van der Waals surface area contributed by atoms with Crippen molar-refractivity contribution in [3.8, 4) is 0 Å². The molecule has 1 aromatic rings. The summed E-state index contributed by atoms with van der Waals surface area (Å²) in [6.45, 7) is 1.93. The summed E-state index contributed by atoms with van der Waals surface area (Å²) in [5, 5.41) is 11.0. The molecule has 0 saturated carbocycles. The van der Waals surface area contributed by atoms with Crippen molar-refractivity contribution in [2.45, 2.75) is 12.8 Å². The molecule has 6 nitrogen and oxygen atoms in total. The number of hydrogen-bond acceptors (Lipinski definition) is 4. The van der Waals surface area contributed by atoms with Crippen molar-refractivity contribution < 1.29 is 14.5 Å². The zero-order chi connectivity index (χ0) is 15.4. The number of benzene rings is 1. The van der Waals surface area contributed by atoms with Gasteiger partial charge in [0.15, 0.2) is 0 Å². The molecular weight excluding hydrogens is 296 g/mol. The third kappa shape index (κ3) is 3.71. The van der Waals surface area contributed by atoms with Crippen LogP contribution in [0.3, 0.4) is 0 Å². The average molecular weight is 313 g/mol. The SMILES string of the molecule is COCC1CCN(C(=O)c2cc([N+](=O)[O-])ccc2Cl)CC1. The summed E-state index contributed by atoms with van der Waals surface area (Å²) >= 11 is 6.00. The lowest BCUT2D eigenvalue weighted by atomic mass is 9.97. The highest BCUT2D eigenvalue weighted by Gasteiger charge is 2.26. The highest BCUT2D eigenvalue weighted by molar-refractivity contribution is 6.33. The zero-order valence-corrected chi connectivity index (χ0v) is 12.5. The van der Waals surface area contributed by atoms with Gasteiger partial charge in [-0.3, -0.25) is 14.9 Å². The van der Waals surface area contributed by atoms with E-state index in [1.807, 2.05) is 0 Å². The van der Waals surface area contributed by atoms with Gasteiger partial charge in [-0.25, -0.2) is 0 Å². The molecule has 114 valence electrons. The van der Waals surface area contributed by atoms with Gasteiger partial charge >= 0.3 is 0 Å². The van der Waals surface area contributed by atoms with E-state index in [2.05, 4.69) is 0 Å². The number of methoxy groups -OCH3 is 1. The second-order valence-corrected chi connectivity index (χ2v) is 5.52. The van der Waals surface area contributed by atoms with Gasteiger partial charge in [-0.15, -0.1) is 0 Å². The molecule has 0 spiro atoms. The second kappa shape index (κ2) is 6.87. The molecule has 2 rings (SSSR count). The van der Waals surface area contributed by atoms with Crippen molar-refractivity contribution in [1.29, 1.82) is 0 Å². The zero-order valence-electron chi connectivity index (χ0n) is 11.8. The number of halogens is 1. The molecule has 21 heavy (non-hydrogen) atoms. The fourth-order valence-electron chi connectivity index (χ4n) is 2.50. The first-order valence-electron chi connectivity index (χ1n) is 6.75. The summed E-state index contributed by atoms with van der Waals surface area (Å²) in [5.74, 6) is 0.208. The van der Waals surface area contributed by atoms with Crippen LogP contribution in [-0.4, -0.2) is 42.5 Å². The van der Waals surface area contributed by atoms with Gasteiger partial charge in [0.2, 0.25) is 0 Å². The topological polar surface area (TPSA) is 72.7 Å². The Bertz CT molecular complexity index is 542. The molecule has 7 heteroatoms. The molecule has 1 aromatic carbocycles. The van der Waals surface area contributed by atoms with Crippen LogP contribution in [0.5, 0.6) is 0 Å². The summed E-state index contributed by atoms with van der Waals surface area (Å²) < 4.78 is 5.12. The van der Waals surface area contributed by atoms with Crippen molar-refractivity contribution in [3.05, 3.63) is 38.9 Å². The van der Waals surface area contributed by atoms with E-state index in [0.29, 0.717) is 25.6 Å². The van der Waals surface area contributed by atoms with Crippen LogP contribution in [0, 0.1) is 16.0 Å². The van der Waals surface area contributed by atoms with E-state index in [-0.39, 0.29) is 22.2 Å². The largest absolute Gasteiger partial charge is 0.384 e. The van der Waals surface area contributed by atoms with Gasteiger partial charge in [-0.2, -0.15) is 0 Å². The number of ether oxygens (including phenoxy) is 1. The first-order valence-corrected chi connectivity index (χ1v) is 7.13. The van der Waals surface area contributed by atoms with E-state index in [1.165, 1.54) is 18.2 Å². The van der Waals surface area contributed by atoms with Crippen LogP contribution < -0.4 is 0 Å². The number of non-ortho nitro benzene ring substituents is 1. The van der Waals surface area contributed by atoms with Gasteiger partial charge in [-0.05, 0) is 24.8 Å². The predicted molar refractivity (Wildman–Crippen MR) is 78.6 cm³/mol. The Morgan fingerprint density at radius 3 is 2.71 bits per heavy atom. The molecule has 0 aromatic heterocycles. The van der Waals surface area contributed by atoms with E-state index in [0.717, 1.165) is 12.8 Å². The molecule has 0 atom stereocenters. The highest BCUT2D eigenvalue weighted by Crippen LogP contribution is 2.25. The average Bonchev–Trinajstić information content (AvgIpc) is 2.48. The standard InChI is InChI=1S/C14H17ClN2O4/c1-21-9-10-4-6-16(7-5-10)14(18)12-8-11(17(19)20)2-3-13(12)15/h2-3,8,10H,4-7,9H2,1H3. The monoisotopic (exact) mass is 312 g/mol. The van der Waals surface area contributed by atoms with Crippen molar-refractivity contribution in [1.82, 2.24) is 4.90 Å². The molecule has 0 N–H and O–H groups in total. The Kier molecular flexibility index (Phi) is 5.14. The summed E-state index contributed by atoms with van der Waals surface area (Å²) in [6.07, 6.45) is 1.73. The summed E-state index contributed by atoms with van der Waals surface area (Å²) in [5.41, 5.74) is 0.0630. The van der Waals surface area contributed by atoms with Crippen molar-refractivity contribution in [3.63, 3.8) is 0 Å². The van der Waals surface area contributed by atoms with E-state index in [9.17, 15) is 14.9 Å². The number of carbonyl (C=O) groups excluding carboxylic acids is 1. The summed E-state index contributed by atoms with van der Waals surface area (Å²) in [6, 6.07) is 3.93. The minimum absolute atomic E-state index is 0.128. The van der Waals surface area contributed by atoms with Crippen LogP contribution >= 0.6 is 11.6 Å². The van der Waals surface area contributed by atoms with E-state index in [4.69, 9.17) is 16.3 Å². The van der Waals surface area contributed by atoms with Gasteiger partial charge in [0.1, 0.15) is 0 Å². The molecule has 1 amide bonds. The third-order valence-electron chi connectivity index (χ3n) is 3.70. The lowest BCUT2D eigenvalue weighted by Crippen LogP contribution is -2.39. The Labute approximate surface area is 127 Å². The van der Waals surface area contributed by atoms with Gasteiger partial charge < -0.3 is 9.64 Å². The van der Waals surface area contributed by atoms with E-state index < -0.39 is 4.92 Å². The molecule has 0 bridgehead atoms. The van der Waals surface area contributed by atoms with Crippen molar-refractivity contribution in [2.75, 3.05) is 26.8 Å². The number of nitro groups is 1. The molecular formula is C14H17ClN2O4. The number of carbonyl (C=O) groups is 1. The molecule has 1 saturated heterocycles. The lowest BCUT2D eigenvalue weighted by Gasteiger charge is -2.31. The summed E-state index contributed by atoms with van der Waals surface area (Å²) in [7, 11) is 1.67. The minimum atomic E-state index is -0.530. The normalized spacial score (nSPS) is 16.0. The number of nitrogens with zero attached hydrogens (tertiary/aromatic N) is 2. The smallest absolute Gasteiger partial charge is 0.270 e. The van der Waals surface area contributed by atoms with Crippen LogP contribution in [0.15, 0.2) is 18.2 Å². The highest BCUT2D eigenvalue weighted by atomic mass is 35.5. The Morgan fingerprint density at radius 1 is 1.48 bits per heavy atom. The number of hydrogen-bond donors (Lipinski definition) is 0. The fraction of sp³-hybridized carbons (Fsp3) is 0.500. The molecule has 1 aliphatic heterocycles. The van der Waals surface area contributed by atoms with E-state index >= 15 is 0 Å². The fourth-order valence-corrected chi connectivity index (χ4v) is 2.70. The molecule has 0 aliphatic carbocycles. The molecule has 1 aliphatic rings. The molecule has 1 heterocycles. The first-order chi connectivity index (χ1) is 10.0. The lowest BCUT2D eigenvalue weighted by molar-refractivity contribution is -0.384. The quantitative estimate of drug-likeness (QED) is 0.633. The number of likely N-dealkylation sites (tertiary alicyclic amines) is 1. The number of nitro benzene ring substituents is 1. The van der Waals surface area contributed by atoms with Gasteiger partial charge in [-0.1, -0.05) is 11.6 Å². The summed E-state index contributed by atoms with van der Waals surface area (Å²) in [4.78, 5) is 24.4. The Balaban J connectivity index is 2.10. The minimum Gasteiger partial charge on any atom is -0.384 e. The maximum atomic E-state index is 12.4. The Hall–Kier alpha value is -1.66. The van der Waals surface area contributed by atoms with E-state index in [1.54, 1.807) is 12.0 Å². The van der Waals surface area contributed by atoms with Gasteiger partial charge in [0, 0.05) is 38.9 Å². The van der Waals surface area contributed by atoms with Crippen LogP contribution in [0.25, 0.3) is 0 Å². The molecule has 0 unspecified atom stereocenters. The van der Waals surface area contributed by atoms with Gasteiger partial charge in [0.25, 0.3) is 11.6 Å². The second-order valence-electron chi connectivity index (χ2n) is 5.11. The number of piperidine rings is 1. The van der Waals surface area contributed by atoms with Crippen molar-refractivity contribution >= 4 is 23.2 Å². The Morgan fingerprint density at radius 2 is 2.14 bits per heavy atom. The third-order valence-corrected chi connectivity index (χ3v) is 4.02. The maximum Gasteiger partial charge on any atom is 0.270 e.